The highest BCUT2D eigenvalue weighted by atomic mass is 19.1. The number of nitrogens with two attached hydrogens (primary N) is 1. The lowest BCUT2D eigenvalue weighted by Crippen LogP contribution is -2.07. The van der Waals surface area contributed by atoms with Crippen molar-refractivity contribution in [2.24, 2.45) is 5.73 Å². The van der Waals surface area contributed by atoms with Gasteiger partial charge in [-0.15, -0.1) is 0 Å². The predicted molar refractivity (Wildman–Crippen MR) is 70.9 cm³/mol. The van der Waals surface area contributed by atoms with Crippen molar-refractivity contribution < 1.29 is 13.5 Å². The van der Waals surface area contributed by atoms with E-state index in [0.29, 0.717) is 22.4 Å². The second kappa shape index (κ2) is 5.36. The first-order chi connectivity index (χ1) is 9.02. The number of halogens is 2. The van der Waals surface area contributed by atoms with Gasteiger partial charge in [0.1, 0.15) is 17.4 Å². The Hall–Kier alpha value is -1.94. The number of methoxy groups -OCH3 is 1. The number of rotatable bonds is 3. The van der Waals surface area contributed by atoms with Crippen LogP contribution in [0.15, 0.2) is 36.4 Å². The molecule has 100 valence electrons. The quantitative estimate of drug-likeness (QED) is 0.917. The van der Waals surface area contributed by atoms with Gasteiger partial charge in [0.05, 0.1) is 7.11 Å². The molecule has 0 aromatic heterocycles. The van der Waals surface area contributed by atoms with Crippen LogP contribution in [0.2, 0.25) is 0 Å². The number of hydrogen-bond acceptors (Lipinski definition) is 2. The van der Waals surface area contributed by atoms with Gasteiger partial charge >= 0.3 is 0 Å². The smallest absolute Gasteiger partial charge is 0.134 e. The summed E-state index contributed by atoms with van der Waals surface area (Å²) < 4.78 is 32.4. The molecule has 2 aromatic rings. The van der Waals surface area contributed by atoms with Crippen LogP contribution in [0.1, 0.15) is 18.5 Å². The summed E-state index contributed by atoms with van der Waals surface area (Å²) in [6.07, 6.45) is 0. The Morgan fingerprint density at radius 2 is 1.79 bits per heavy atom. The lowest BCUT2D eigenvalue weighted by Gasteiger charge is -2.14. The maximum absolute atomic E-state index is 14.1. The third-order valence-corrected chi connectivity index (χ3v) is 2.97. The highest BCUT2D eigenvalue weighted by molar-refractivity contribution is 5.69. The molecule has 2 rings (SSSR count). The number of hydrogen-bond donors (Lipinski definition) is 1. The summed E-state index contributed by atoms with van der Waals surface area (Å²) in [6.45, 7) is 1.78. The van der Waals surface area contributed by atoms with Crippen molar-refractivity contribution in [3.05, 3.63) is 53.6 Å². The Morgan fingerprint density at radius 1 is 1.05 bits per heavy atom. The Morgan fingerprint density at radius 3 is 2.37 bits per heavy atom. The second-order valence-electron chi connectivity index (χ2n) is 4.37. The standard InChI is InChI=1S/C15H15F2NO/c1-9(18)12-5-3-10(16)7-14(12)13-6-4-11(19-2)8-15(13)17/h3-9H,18H2,1-2H3. The molecule has 0 heterocycles. The highest BCUT2D eigenvalue weighted by Gasteiger charge is 2.14. The van der Waals surface area contributed by atoms with Crippen molar-refractivity contribution in [1.29, 1.82) is 0 Å². The van der Waals surface area contributed by atoms with Crippen LogP contribution in [-0.4, -0.2) is 7.11 Å². The van der Waals surface area contributed by atoms with Gasteiger partial charge in [0, 0.05) is 17.7 Å². The normalized spacial score (nSPS) is 12.3. The summed E-state index contributed by atoms with van der Waals surface area (Å²) in [5, 5.41) is 0. The molecule has 0 aliphatic heterocycles. The number of benzene rings is 2. The summed E-state index contributed by atoms with van der Waals surface area (Å²) in [5.74, 6) is -0.471. The molecular formula is C15H15F2NO. The summed E-state index contributed by atoms with van der Waals surface area (Å²) in [5.41, 5.74) is 7.32. The molecule has 0 aliphatic rings. The first-order valence-electron chi connectivity index (χ1n) is 5.92. The van der Waals surface area contributed by atoms with Gasteiger partial charge in [-0.1, -0.05) is 6.07 Å². The maximum atomic E-state index is 14.1. The van der Waals surface area contributed by atoms with Crippen LogP contribution in [0.5, 0.6) is 5.75 Å². The average Bonchev–Trinajstić information content (AvgIpc) is 2.38. The van der Waals surface area contributed by atoms with E-state index in [2.05, 4.69) is 0 Å². The van der Waals surface area contributed by atoms with E-state index in [1.807, 2.05) is 0 Å². The minimum Gasteiger partial charge on any atom is -0.497 e. The fraction of sp³-hybridized carbons (Fsp3) is 0.200. The topological polar surface area (TPSA) is 35.2 Å². The van der Waals surface area contributed by atoms with Gasteiger partial charge in [0.15, 0.2) is 0 Å². The Bertz CT molecular complexity index is 597. The first kappa shape index (κ1) is 13.5. The molecule has 19 heavy (non-hydrogen) atoms. The van der Waals surface area contributed by atoms with Crippen LogP contribution in [0.3, 0.4) is 0 Å². The maximum Gasteiger partial charge on any atom is 0.134 e. The Kier molecular flexibility index (Phi) is 3.81. The molecule has 0 radical (unpaired) electrons. The van der Waals surface area contributed by atoms with Gasteiger partial charge in [-0.2, -0.15) is 0 Å². The summed E-state index contributed by atoms with van der Waals surface area (Å²) in [4.78, 5) is 0. The molecule has 0 amide bonds. The van der Waals surface area contributed by atoms with Gasteiger partial charge < -0.3 is 10.5 Å². The monoisotopic (exact) mass is 263 g/mol. The minimum atomic E-state index is -0.466. The predicted octanol–water partition coefficient (Wildman–Crippen LogP) is 3.66. The second-order valence-corrected chi connectivity index (χ2v) is 4.37. The van der Waals surface area contributed by atoms with Gasteiger partial charge in [-0.25, -0.2) is 8.78 Å². The molecule has 2 N–H and O–H groups in total. The zero-order valence-electron chi connectivity index (χ0n) is 10.8. The molecule has 1 unspecified atom stereocenters. The van der Waals surface area contributed by atoms with Crippen LogP contribution in [0.25, 0.3) is 11.1 Å². The fourth-order valence-electron chi connectivity index (χ4n) is 2.00. The molecule has 1 atom stereocenters. The van der Waals surface area contributed by atoms with Crippen molar-refractivity contribution >= 4 is 0 Å². The Labute approximate surface area is 110 Å². The van der Waals surface area contributed by atoms with Crippen molar-refractivity contribution in [2.45, 2.75) is 13.0 Å². The van der Waals surface area contributed by atoms with Crippen LogP contribution >= 0.6 is 0 Å². The molecule has 2 nitrogen and oxygen atoms in total. The molecule has 0 aliphatic carbocycles. The van der Waals surface area contributed by atoms with Crippen molar-refractivity contribution in [3.8, 4) is 16.9 Å². The lowest BCUT2D eigenvalue weighted by atomic mass is 9.95. The summed E-state index contributed by atoms with van der Waals surface area (Å²) in [7, 11) is 1.46. The van der Waals surface area contributed by atoms with Gasteiger partial charge in [-0.3, -0.25) is 0 Å². The molecule has 0 spiro atoms. The van der Waals surface area contributed by atoms with E-state index in [1.165, 1.54) is 25.3 Å². The first-order valence-corrected chi connectivity index (χ1v) is 5.92. The highest BCUT2D eigenvalue weighted by Crippen LogP contribution is 2.31. The zero-order chi connectivity index (χ0) is 14.0. The fourth-order valence-corrected chi connectivity index (χ4v) is 2.00. The average molecular weight is 263 g/mol. The summed E-state index contributed by atoms with van der Waals surface area (Å²) in [6, 6.07) is 8.36. The number of ether oxygens (including phenoxy) is 1. The van der Waals surface area contributed by atoms with Gasteiger partial charge in [0.25, 0.3) is 0 Å². The van der Waals surface area contributed by atoms with Crippen molar-refractivity contribution in [2.75, 3.05) is 7.11 Å². The van der Waals surface area contributed by atoms with Crippen LogP contribution < -0.4 is 10.5 Å². The molecule has 4 heteroatoms. The van der Waals surface area contributed by atoms with E-state index in [-0.39, 0.29) is 6.04 Å². The largest absolute Gasteiger partial charge is 0.497 e. The molecular weight excluding hydrogens is 248 g/mol. The zero-order valence-corrected chi connectivity index (χ0v) is 10.8. The third-order valence-electron chi connectivity index (χ3n) is 2.97. The van der Waals surface area contributed by atoms with E-state index in [0.717, 1.165) is 0 Å². The molecule has 2 aromatic carbocycles. The van der Waals surface area contributed by atoms with Crippen LogP contribution in [-0.2, 0) is 0 Å². The molecule has 0 fully saturated rings. The van der Waals surface area contributed by atoms with Gasteiger partial charge in [0.2, 0.25) is 0 Å². The SMILES string of the molecule is COc1ccc(-c2cc(F)ccc2C(C)N)c(F)c1. The molecule has 0 saturated carbocycles. The Balaban J connectivity index is 2.60. The van der Waals surface area contributed by atoms with Crippen LogP contribution in [0, 0.1) is 11.6 Å². The molecule has 0 saturated heterocycles. The van der Waals surface area contributed by atoms with Gasteiger partial charge in [-0.05, 0) is 42.3 Å². The minimum absolute atomic E-state index is 0.308. The van der Waals surface area contributed by atoms with Crippen molar-refractivity contribution in [1.82, 2.24) is 0 Å². The van der Waals surface area contributed by atoms with E-state index in [4.69, 9.17) is 10.5 Å². The molecule has 0 bridgehead atoms. The van der Waals surface area contributed by atoms with E-state index >= 15 is 0 Å². The van der Waals surface area contributed by atoms with E-state index < -0.39 is 11.6 Å². The van der Waals surface area contributed by atoms with Crippen molar-refractivity contribution in [3.63, 3.8) is 0 Å². The van der Waals surface area contributed by atoms with Crippen LogP contribution in [0.4, 0.5) is 8.78 Å². The van der Waals surface area contributed by atoms with E-state index in [1.54, 1.807) is 25.1 Å². The third kappa shape index (κ3) is 2.74. The summed E-state index contributed by atoms with van der Waals surface area (Å²) >= 11 is 0. The van der Waals surface area contributed by atoms with E-state index in [9.17, 15) is 8.78 Å². The lowest BCUT2D eigenvalue weighted by molar-refractivity contribution is 0.411.